The van der Waals surface area contributed by atoms with Crippen molar-refractivity contribution in [3.8, 4) is 5.75 Å². The van der Waals surface area contributed by atoms with Crippen molar-refractivity contribution in [3.05, 3.63) is 22.7 Å². The standard InChI is InChI=1S/C10H11BrN2O4/c11-6-1-2-7(8(14)5-6)13-9(15)3-4-12-10(16)17/h1-2,5,12,14H,3-4H2,(H,13,15)(H,16,17). The number of hydrogen-bond donors (Lipinski definition) is 4. The summed E-state index contributed by atoms with van der Waals surface area (Å²) < 4.78 is 0.695. The van der Waals surface area contributed by atoms with Gasteiger partial charge in [0.05, 0.1) is 5.69 Å². The Kier molecular flexibility index (Phi) is 4.77. The van der Waals surface area contributed by atoms with Crippen LogP contribution in [0.4, 0.5) is 10.5 Å². The predicted molar refractivity (Wildman–Crippen MR) is 65.1 cm³/mol. The van der Waals surface area contributed by atoms with E-state index >= 15 is 0 Å². The second-order valence-electron chi connectivity index (χ2n) is 3.19. The van der Waals surface area contributed by atoms with Crippen molar-refractivity contribution in [2.75, 3.05) is 11.9 Å². The molecule has 2 amide bonds. The highest BCUT2D eigenvalue weighted by atomic mass is 79.9. The molecule has 0 saturated carbocycles. The highest BCUT2D eigenvalue weighted by Gasteiger charge is 2.07. The molecule has 0 spiro atoms. The zero-order valence-electron chi connectivity index (χ0n) is 8.74. The summed E-state index contributed by atoms with van der Waals surface area (Å²) in [7, 11) is 0. The normalized spacial score (nSPS) is 9.71. The molecule has 0 heterocycles. The van der Waals surface area contributed by atoms with Gasteiger partial charge in [0, 0.05) is 17.4 Å². The van der Waals surface area contributed by atoms with E-state index in [0.717, 1.165) is 0 Å². The average molecular weight is 303 g/mol. The van der Waals surface area contributed by atoms with Gasteiger partial charge in [-0.1, -0.05) is 15.9 Å². The van der Waals surface area contributed by atoms with Crippen LogP contribution in [0.5, 0.6) is 5.75 Å². The minimum absolute atomic E-state index is 0.00179. The Hall–Kier alpha value is -1.76. The van der Waals surface area contributed by atoms with Gasteiger partial charge in [0.25, 0.3) is 0 Å². The largest absolute Gasteiger partial charge is 0.506 e. The zero-order valence-corrected chi connectivity index (χ0v) is 10.3. The molecule has 0 atom stereocenters. The van der Waals surface area contributed by atoms with Crippen LogP contribution in [0.3, 0.4) is 0 Å². The first-order valence-corrected chi connectivity index (χ1v) is 5.53. The number of anilines is 1. The Morgan fingerprint density at radius 3 is 2.65 bits per heavy atom. The second-order valence-corrected chi connectivity index (χ2v) is 4.11. The number of amides is 2. The Labute approximate surface area is 106 Å². The Morgan fingerprint density at radius 2 is 2.06 bits per heavy atom. The summed E-state index contributed by atoms with van der Waals surface area (Å²) in [4.78, 5) is 21.5. The van der Waals surface area contributed by atoms with E-state index < -0.39 is 6.09 Å². The van der Waals surface area contributed by atoms with Gasteiger partial charge in [-0.05, 0) is 18.2 Å². The molecular formula is C10H11BrN2O4. The minimum atomic E-state index is -1.18. The Balaban J connectivity index is 2.48. The van der Waals surface area contributed by atoms with E-state index in [9.17, 15) is 14.7 Å². The number of phenols is 1. The lowest BCUT2D eigenvalue weighted by atomic mass is 10.3. The summed E-state index contributed by atoms with van der Waals surface area (Å²) >= 11 is 3.17. The first kappa shape index (κ1) is 13.3. The van der Waals surface area contributed by atoms with Crippen molar-refractivity contribution < 1.29 is 19.8 Å². The van der Waals surface area contributed by atoms with Crippen molar-refractivity contribution in [2.24, 2.45) is 0 Å². The third-order valence-electron chi connectivity index (χ3n) is 1.86. The SMILES string of the molecule is O=C(O)NCCC(=O)Nc1ccc(Br)cc1O. The van der Waals surface area contributed by atoms with Crippen LogP contribution in [-0.4, -0.2) is 28.8 Å². The predicted octanol–water partition coefficient (Wildman–Crippen LogP) is 1.75. The fourth-order valence-electron chi connectivity index (χ4n) is 1.11. The van der Waals surface area contributed by atoms with Gasteiger partial charge in [0.1, 0.15) is 5.75 Å². The molecule has 1 aromatic rings. The molecule has 0 aliphatic rings. The summed E-state index contributed by atoms with van der Waals surface area (Å²) in [6.45, 7) is 0.0262. The summed E-state index contributed by atoms with van der Waals surface area (Å²) in [5, 5.41) is 22.3. The maximum Gasteiger partial charge on any atom is 0.404 e. The molecule has 1 rings (SSSR count). The molecule has 0 unspecified atom stereocenters. The van der Waals surface area contributed by atoms with E-state index in [1.807, 2.05) is 0 Å². The molecule has 4 N–H and O–H groups in total. The number of carbonyl (C=O) groups is 2. The van der Waals surface area contributed by atoms with Crippen LogP contribution >= 0.6 is 15.9 Å². The monoisotopic (exact) mass is 302 g/mol. The van der Waals surface area contributed by atoms with Crippen LogP contribution in [0.2, 0.25) is 0 Å². The van der Waals surface area contributed by atoms with Gasteiger partial charge in [0.2, 0.25) is 5.91 Å². The number of carboxylic acid groups (broad SMARTS) is 1. The summed E-state index contributed by atoms with van der Waals surface area (Å²) in [6, 6.07) is 4.66. The quantitative estimate of drug-likeness (QED) is 0.637. The van der Waals surface area contributed by atoms with Gasteiger partial charge in [-0.3, -0.25) is 4.79 Å². The molecule has 6 nitrogen and oxygen atoms in total. The Bertz CT molecular complexity index is 436. The van der Waals surface area contributed by atoms with Crippen molar-refractivity contribution in [1.82, 2.24) is 5.32 Å². The maximum absolute atomic E-state index is 11.4. The van der Waals surface area contributed by atoms with Crippen LogP contribution in [-0.2, 0) is 4.79 Å². The molecule has 0 fully saturated rings. The van der Waals surface area contributed by atoms with Gasteiger partial charge < -0.3 is 20.8 Å². The van der Waals surface area contributed by atoms with Gasteiger partial charge in [-0.2, -0.15) is 0 Å². The van der Waals surface area contributed by atoms with Crippen LogP contribution in [0.15, 0.2) is 22.7 Å². The third-order valence-corrected chi connectivity index (χ3v) is 2.36. The molecule has 17 heavy (non-hydrogen) atoms. The van der Waals surface area contributed by atoms with Crippen molar-refractivity contribution in [3.63, 3.8) is 0 Å². The molecule has 92 valence electrons. The topological polar surface area (TPSA) is 98.7 Å². The molecule has 1 aromatic carbocycles. The maximum atomic E-state index is 11.4. The van der Waals surface area contributed by atoms with E-state index in [-0.39, 0.29) is 30.3 Å². The van der Waals surface area contributed by atoms with E-state index in [0.29, 0.717) is 4.47 Å². The summed E-state index contributed by atoms with van der Waals surface area (Å²) in [6.07, 6.45) is -1.17. The molecule has 0 aliphatic carbocycles. The van der Waals surface area contributed by atoms with Crippen LogP contribution in [0.1, 0.15) is 6.42 Å². The number of hydrogen-bond acceptors (Lipinski definition) is 3. The van der Waals surface area contributed by atoms with Gasteiger partial charge in [-0.25, -0.2) is 4.79 Å². The highest BCUT2D eigenvalue weighted by Crippen LogP contribution is 2.26. The van der Waals surface area contributed by atoms with Crippen molar-refractivity contribution >= 4 is 33.6 Å². The molecule has 0 saturated heterocycles. The zero-order chi connectivity index (χ0) is 12.8. The third kappa shape index (κ3) is 4.73. The van der Waals surface area contributed by atoms with Gasteiger partial charge in [-0.15, -0.1) is 0 Å². The van der Waals surface area contributed by atoms with Gasteiger partial charge in [0.15, 0.2) is 0 Å². The number of benzene rings is 1. The van der Waals surface area contributed by atoms with Crippen LogP contribution in [0.25, 0.3) is 0 Å². The minimum Gasteiger partial charge on any atom is -0.506 e. The summed E-state index contributed by atoms with van der Waals surface area (Å²) in [5.74, 6) is -0.435. The lowest BCUT2D eigenvalue weighted by Crippen LogP contribution is -2.25. The van der Waals surface area contributed by atoms with E-state index in [1.165, 1.54) is 6.07 Å². The number of aromatic hydroxyl groups is 1. The smallest absolute Gasteiger partial charge is 0.404 e. The Morgan fingerprint density at radius 1 is 1.35 bits per heavy atom. The lowest BCUT2D eigenvalue weighted by molar-refractivity contribution is -0.116. The van der Waals surface area contributed by atoms with Crippen molar-refractivity contribution in [1.29, 1.82) is 0 Å². The number of carbonyl (C=O) groups excluding carboxylic acids is 1. The summed E-state index contributed by atoms with van der Waals surface area (Å²) in [5.41, 5.74) is 0.286. The number of nitrogens with one attached hydrogen (secondary N) is 2. The number of halogens is 1. The number of rotatable bonds is 4. The molecule has 0 bridgehead atoms. The van der Waals surface area contributed by atoms with Crippen LogP contribution < -0.4 is 10.6 Å². The first-order chi connectivity index (χ1) is 7.99. The molecule has 7 heteroatoms. The molecule has 0 radical (unpaired) electrons. The molecule has 0 aliphatic heterocycles. The second kappa shape index (κ2) is 6.09. The van der Waals surface area contributed by atoms with E-state index in [2.05, 4.69) is 26.6 Å². The average Bonchev–Trinajstić information content (AvgIpc) is 2.21. The van der Waals surface area contributed by atoms with Crippen LogP contribution in [0, 0.1) is 0 Å². The van der Waals surface area contributed by atoms with E-state index in [4.69, 9.17) is 5.11 Å². The van der Waals surface area contributed by atoms with E-state index in [1.54, 1.807) is 12.1 Å². The number of phenolic OH excluding ortho intramolecular Hbond substituents is 1. The van der Waals surface area contributed by atoms with Crippen molar-refractivity contribution in [2.45, 2.75) is 6.42 Å². The fraction of sp³-hybridized carbons (Fsp3) is 0.200. The van der Waals surface area contributed by atoms with Gasteiger partial charge >= 0.3 is 6.09 Å². The highest BCUT2D eigenvalue weighted by molar-refractivity contribution is 9.10. The fourth-order valence-corrected chi connectivity index (χ4v) is 1.46. The lowest BCUT2D eigenvalue weighted by Gasteiger charge is -2.07. The molecule has 0 aromatic heterocycles. The molecular weight excluding hydrogens is 292 g/mol. The first-order valence-electron chi connectivity index (χ1n) is 4.74.